The van der Waals surface area contributed by atoms with Gasteiger partial charge < -0.3 is 14.8 Å². The van der Waals surface area contributed by atoms with Crippen LogP contribution in [-0.2, 0) is 0 Å². The fourth-order valence-corrected chi connectivity index (χ4v) is 2.71. The highest BCUT2D eigenvalue weighted by Gasteiger charge is 2.17. The van der Waals surface area contributed by atoms with Gasteiger partial charge in [-0.25, -0.2) is 0 Å². The Morgan fingerprint density at radius 2 is 1.95 bits per heavy atom. The quantitative estimate of drug-likeness (QED) is 0.899. The van der Waals surface area contributed by atoms with E-state index in [1.165, 1.54) is 0 Å². The number of nitrogens with one attached hydrogen (secondary N) is 1. The van der Waals surface area contributed by atoms with Crippen molar-refractivity contribution in [1.82, 2.24) is 0 Å². The van der Waals surface area contributed by atoms with E-state index in [1.807, 2.05) is 31.2 Å². The lowest BCUT2D eigenvalue weighted by Crippen LogP contribution is -2.17. The van der Waals surface area contributed by atoms with Gasteiger partial charge in [-0.05, 0) is 46.6 Å². The molecule has 108 valence electrons. The van der Waals surface area contributed by atoms with Crippen molar-refractivity contribution in [2.45, 2.75) is 6.92 Å². The largest absolute Gasteiger partial charge is 0.486 e. The summed E-state index contributed by atoms with van der Waals surface area (Å²) in [5, 5.41) is 2.89. The molecule has 1 heterocycles. The molecule has 0 spiro atoms. The molecular weight excluding hydrogens is 334 g/mol. The van der Waals surface area contributed by atoms with E-state index in [2.05, 4.69) is 21.2 Å². The summed E-state index contributed by atoms with van der Waals surface area (Å²) in [6.45, 7) is 3.01. The van der Waals surface area contributed by atoms with Crippen LogP contribution in [0, 0.1) is 6.92 Å². The van der Waals surface area contributed by atoms with E-state index in [0.717, 1.165) is 15.8 Å². The van der Waals surface area contributed by atoms with Crippen molar-refractivity contribution in [3.8, 4) is 11.5 Å². The van der Waals surface area contributed by atoms with Crippen LogP contribution in [-0.4, -0.2) is 19.1 Å². The molecule has 0 fully saturated rings. The molecular formula is C16H14BrNO3. The van der Waals surface area contributed by atoms with Gasteiger partial charge in [-0.15, -0.1) is 0 Å². The van der Waals surface area contributed by atoms with Crippen molar-refractivity contribution in [3.63, 3.8) is 0 Å². The number of amides is 1. The van der Waals surface area contributed by atoms with Gasteiger partial charge in [0.1, 0.15) is 13.2 Å². The number of rotatable bonds is 2. The summed E-state index contributed by atoms with van der Waals surface area (Å²) in [7, 11) is 0. The van der Waals surface area contributed by atoms with Gasteiger partial charge in [-0.2, -0.15) is 0 Å². The van der Waals surface area contributed by atoms with E-state index in [9.17, 15) is 4.79 Å². The van der Waals surface area contributed by atoms with Crippen LogP contribution in [0.5, 0.6) is 11.5 Å². The van der Waals surface area contributed by atoms with Gasteiger partial charge in [0.05, 0.1) is 5.56 Å². The predicted molar refractivity (Wildman–Crippen MR) is 84.3 cm³/mol. The average molecular weight is 348 g/mol. The smallest absolute Gasteiger partial charge is 0.256 e. The molecule has 1 amide bonds. The summed E-state index contributed by atoms with van der Waals surface area (Å²) in [4.78, 5) is 12.3. The third kappa shape index (κ3) is 2.88. The molecule has 0 aromatic heterocycles. The minimum absolute atomic E-state index is 0.168. The Morgan fingerprint density at radius 1 is 1.19 bits per heavy atom. The van der Waals surface area contributed by atoms with Gasteiger partial charge >= 0.3 is 0 Å². The van der Waals surface area contributed by atoms with Gasteiger partial charge in [-0.1, -0.05) is 12.1 Å². The molecule has 0 atom stereocenters. The monoisotopic (exact) mass is 347 g/mol. The lowest BCUT2D eigenvalue weighted by molar-refractivity contribution is 0.102. The number of carbonyl (C=O) groups excluding carboxylic acids is 1. The van der Waals surface area contributed by atoms with E-state index >= 15 is 0 Å². The number of anilines is 1. The average Bonchev–Trinajstić information content (AvgIpc) is 2.47. The third-order valence-corrected chi connectivity index (χ3v) is 3.90. The highest BCUT2D eigenvalue weighted by Crippen LogP contribution is 2.36. The number of carbonyl (C=O) groups is 1. The Hall–Kier alpha value is -2.01. The van der Waals surface area contributed by atoms with Gasteiger partial charge in [0.2, 0.25) is 0 Å². The van der Waals surface area contributed by atoms with Crippen LogP contribution < -0.4 is 14.8 Å². The number of halogens is 1. The lowest BCUT2D eigenvalue weighted by Gasteiger charge is -2.21. The van der Waals surface area contributed by atoms with Crippen LogP contribution in [0.1, 0.15) is 15.9 Å². The van der Waals surface area contributed by atoms with Crippen molar-refractivity contribution in [1.29, 1.82) is 0 Å². The van der Waals surface area contributed by atoms with Crippen LogP contribution in [0.25, 0.3) is 0 Å². The zero-order valence-corrected chi connectivity index (χ0v) is 13.1. The van der Waals surface area contributed by atoms with Crippen LogP contribution >= 0.6 is 15.9 Å². The van der Waals surface area contributed by atoms with Crippen molar-refractivity contribution in [2.24, 2.45) is 0 Å². The summed E-state index contributed by atoms with van der Waals surface area (Å²) in [6, 6.07) is 11.0. The molecule has 4 nitrogen and oxygen atoms in total. The van der Waals surface area contributed by atoms with Crippen LogP contribution in [0.3, 0.4) is 0 Å². The molecule has 0 saturated carbocycles. The van der Waals surface area contributed by atoms with Gasteiger partial charge in [-0.3, -0.25) is 4.79 Å². The molecule has 3 rings (SSSR count). The molecule has 1 aliphatic rings. The third-order valence-electron chi connectivity index (χ3n) is 3.20. The number of fused-ring (bicyclic) bond motifs is 1. The number of benzene rings is 2. The Balaban J connectivity index is 1.87. The molecule has 2 aromatic carbocycles. The van der Waals surface area contributed by atoms with E-state index in [1.54, 1.807) is 12.1 Å². The fraction of sp³-hybridized carbons (Fsp3) is 0.188. The summed E-state index contributed by atoms with van der Waals surface area (Å²) in [5.41, 5.74) is 2.22. The van der Waals surface area contributed by atoms with Crippen molar-refractivity contribution in [2.75, 3.05) is 18.5 Å². The van der Waals surface area contributed by atoms with Crippen LogP contribution in [0.4, 0.5) is 5.69 Å². The number of ether oxygens (including phenoxy) is 2. The highest BCUT2D eigenvalue weighted by atomic mass is 79.9. The topological polar surface area (TPSA) is 47.6 Å². The van der Waals surface area contributed by atoms with Gasteiger partial charge in [0.25, 0.3) is 5.91 Å². The number of hydrogen-bond donors (Lipinski definition) is 1. The first-order valence-electron chi connectivity index (χ1n) is 6.61. The first kappa shape index (κ1) is 13.9. The second kappa shape index (κ2) is 5.77. The molecule has 0 aliphatic carbocycles. The van der Waals surface area contributed by atoms with Crippen LogP contribution in [0.2, 0.25) is 0 Å². The number of aryl methyl sites for hydroxylation is 1. The molecule has 5 heteroatoms. The van der Waals surface area contributed by atoms with E-state index in [0.29, 0.717) is 30.2 Å². The zero-order chi connectivity index (χ0) is 14.8. The molecule has 1 aliphatic heterocycles. The van der Waals surface area contributed by atoms with Crippen molar-refractivity contribution < 1.29 is 14.3 Å². The molecule has 21 heavy (non-hydrogen) atoms. The molecule has 1 N–H and O–H groups in total. The molecule has 2 aromatic rings. The minimum atomic E-state index is -0.168. The normalized spacial score (nSPS) is 12.9. The zero-order valence-electron chi connectivity index (χ0n) is 11.5. The first-order valence-corrected chi connectivity index (χ1v) is 7.40. The first-order chi connectivity index (χ1) is 10.1. The van der Waals surface area contributed by atoms with E-state index in [4.69, 9.17) is 9.47 Å². The summed E-state index contributed by atoms with van der Waals surface area (Å²) < 4.78 is 11.9. The van der Waals surface area contributed by atoms with E-state index < -0.39 is 0 Å². The number of hydrogen-bond acceptors (Lipinski definition) is 3. The summed E-state index contributed by atoms with van der Waals surface area (Å²) in [6.07, 6.45) is 0. The van der Waals surface area contributed by atoms with Crippen LogP contribution in [0.15, 0.2) is 40.9 Å². The SMILES string of the molecule is Cc1cc(NC(=O)c2ccccc2Br)cc2c1OCCO2. The van der Waals surface area contributed by atoms with Crippen molar-refractivity contribution in [3.05, 3.63) is 52.0 Å². The van der Waals surface area contributed by atoms with E-state index in [-0.39, 0.29) is 5.91 Å². The molecule has 0 saturated heterocycles. The second-order valence-electron chi connectivity index (χ2n) is 4.75. The summed E-state index contributed by atoms with van der Waals surface area (Å²) >= 11 is 3.38. The standard InChI is InChI=1S/C16H14BrNO3/c1-10-8-11(9-14-15(10)21-7-6-20-14)18-16(19)12-4-2-3-5-13(12)17/h2-5,8-9H,6-7H2,1H3,(H,18,19). The highest BCUT2D eigenvalue weighted by molar-refractivity contribution is 9.10. The van der Waals surface area contributed by atoms with Gasteiger partial charge in [0.15, 0.2) is 11.5 Å². The lowest BCUT2D eigenvalue weighted by atomic mass is 10.1. The molecule has 0 unspecified atom stereocenters. The second-order valence-corrected chi connectivity index (χ2v) is 5.61. The Labute approximate surface area is 131 Å². The van der Waals surface area contributed by atoms with Crippen molar-refractivity contribution >= 4 is 27.5 Å². The van der Waals surface area contributed by atoms with Gasteiger partial charge in [0, 0.05) is 16.2 Å². The summed E-state index contributed by atoms with van der Waals surface area (Å²) in [5.74, 6) is 1.25. The molecule has 0 bridgehead atoms. The maximum Gasteiger partial charge on any atom is 0.256 e. The Kier molecular flexibility index (Phi) is 3.84. The maximum atomic E-state index is 12.3. The Bertz CT molecular complexity index is 700. The fourth-order valence-electron chi connectivity index (χ4n) is 2.25. The minimum Gasteiger partial charge on any atom is -0.486 e. The predicted octanol–water partition coefficient (Wildman–Crippen LogP) is 3.78. The maximum absolute atomic E-state index is 12.3. The Morgan fingerprint density at radius 3 is 2.76 bits per heavy atom. The molecule has 0 radical (unpaired) electrons.